The molecule has 2 heterocycles. The molecule has 4 N–H and O–H groups in total. The second kappa shape index (κ2) is 8.53. The number of esters is 1. The van der Waals surface area contributed by atoms with E-state index in [4.69, 9.17) is 16.2 Å². The first-order valence-corrected chi connectivity index (χ1v) is 8.65. The summed E-state index contributed by atoms with van der Waals surface area (Å²) in [5.41, 5.74) is 16.2. The molecule has 3 aromatic rings. The molecule has 0 aliphatic carbocycles. The first-order chi connectivity index (χ1) is 13.1. The van der Waals surface area contributed by atoms with Gasteiger partial charge in [-0.1, -0.05) is 36.4 Å². The number of hydrogen-bond donors (Lipinski definition) is 2. The van der Waals surface area contributed by atoms with Crippen LogP contribution in [0.1, 0.15) is 40.0 Å². The van der Waals surface area contributed by atoms with Crippen molar-refractivity contribution in [2.75, 3.05) is 7.11 Å². The average Bonchev–Trinajstić information content (AvgIpc) is 2.74. The Morgan fingerprint density at radius 1 is 0.963 bits per heavy atom. The van der Waals surface area contributed by atoms with Crippen LogP contribution in [-0.4, -0.2) is 23.0 Å². The number of carbonyl (C=O) groups is 1. The summed E-state index contributed by atoms with van der Waals surface area (Å²) in [7, 11) is 1.34. The molecule has 0 fully saturated rings. The van der Waals surface area contributed by atoms with Gasteiger partial charge in [-0.3, -0.25) is 9.97 Å². The van der Waals surface area contributed by atoms with Gasteiger partial charge in [-0.05, 0) is 35.7 Å². The Hall–Kier alpha value is -3.09. The zero-order valence-corrected chi connectivity index (χ0v) is 15.1. The lowest BCUT2D eigenvalue weighted by atomic mass is 9.97. The lowest BCUT2D eigenvalue weighted by Crippen LogP contribution is -2.19. The van der Waals surface area contributed by atoms with Crippen LogP contribution in [0.25, 0.3) is 11.4 Å². The molecule has 2 atom stereocenters. The van der Waals surface area contributed by atoms with Gasteiger partial charge >= 0.3 is 5.97 Å². The van der Waals surface area contributed by atoms with Crippen molar-refractivity contribution < 1.29 is 9.53 Å². The summed E-state index contributed by atoms with van der Waals surface area (Å²) >= 11 is 0. The third-order valence-corrected chi connectivity index (χ3v) is 4.39. The van der Waals surface area contributed by atoms with Gasteiger partial charge in [0, 0.05) is 24.5 Å². The van der Waals surface area contributed by atoms with Crippen LogP contribution in [-0.2, 0) is 4.74 Å². The van der Waals surface area contributed by atoms with Crippen LogP contribution in [0.4, 0.5) is 0 Å². The topological polar surface area (TPSA) is 104 Å². The van der Waals surface area contributed by atoms with Gasteiger partial charge in [0.25, 0.3) is 0 Å². The fourth-order valence-electron chi connectivity index (χ4n) is 2.84. The van der Waals surface area contributed by atoms with Crippen molar-refractivity contribution in [2.45, 2.75) is 18.5 Å². The van der Waals surface area contributed by atoms with Crippen molar-refractivity contribution >= 4 is 5.97 Å². The Kier molecular flexibility index (Phi) is 5.90. The Morgan fingerprint density at radius 2 is 1.70 bits per heavy atom. The first kappa shape index (κ1) is 18.7. The highest BCUT2D eigenvalue weighted by molar-refractivity contribution is 5.90. The van der Waals surface area contributed by atoms with Gasteiger partial charge in [-0.15, -0.1) is 0 Å². The van der Waals surface area contributed by atoms with Gasteiger partial charge in [0.2, 0.25) is 0 Å². The number of methoxy groups -OCH3 is 1. The molecule has 2 unspecified atom stereocenters. The second-order valence-electron chi connectivity index (χ2n) is 6.26. The molecule has 0 amide bonds. The van der Waals surface area contributed by atoms with E-state index in [1.807, 2.05) is 42.5 Å². The molecule has 0 saturated carbocycles. The predicted octanol–water partition coefficient (Wildman–Crippen LogP) is 3.02. The zero-order valence-electron chi connectivity index (χ0n) is 15.1. The summed E-state index contributed by atoms with van der Waals surface area (Å²) in [6, 6.07) is 16.5. The van der Waals surface area contributed by atoms with Crippen LogP contribution in [0.15, 0.2) is 67.0 Å². The van der Waals surface area contributed by atoms with Crippen molar-refractivity contribution in [2.24, 2.45) is 11.5 Å². The summed E-state index contributed by atoms with van der Waals surface area (Å²) in [6.45, 7) is 0. The van der Waals surface area contributed by atoms with E-state index < -0.39 is 5.97 Å². The van der Waals surface area contributed by atoms with E-state index in [9.17, 15) is 4.79 Å². The Morgan fingerprint density at radius 3 is 2.37 bits per heavy atom. The summed E-state index contributed by atoms with van der Waals surface area (Å²) in [5, 5.41) is 0. The van der Waals surface area contributed by atoms with E-state index in [0.29, 0.717) is 23.4 Å². The number of rotatable bonds is 6. The number of carbonyl (C=O) groups excluding carboxylic acids is 1. The van der Waals surface area contributed by atoms with Crippen LogP contribution in [0.2, 0.25) is 0 Å². The van der Waals surface area contributed by atoms with Gasteiger partial charge in [0.05, 0.1) is 24.1 Å². The number of ether oxygens (including phenoxy) is 1. The summed E-state index contributed by atoms with van der Waals surface area (Å²) in [5.74, 6) is -0.410. The van der Waals surface area contributed by atoms with Crippen LogP contribution in [0.5, 0.6) is 0 Å². The van der Waals surface area contributed by atoms with E-state index in [2.05, 4.69) is 9.97 Å². The maximum Gasteiger partial charge on any atom is 0.337 e. The van der Waals surface area contributed by atoms with Crippen molar-refractivity contribution in [3.63, 3.8) is 0 Å². The van der Waals surface area contributed by atoms with Crippen LogP contribution < -0.4 is 11.5 Å². The van der Waals surface area contributed by atoms with Gasteiger partial charge in [0.1, 0.15) is 0 Å². The number of benzene rings is 1. The van der Waals surface area contributed by atoms with Crippen molar-refractivity contribution in [3.8, 4) is 11.4 Å². The third kappa shape index (κ3) is 4.55. The molecule has 0 saturated heterocycles. The first-order valence-electron chi connectivity index (χ1n) is 8.65. The number of pyridine rings is 2. The molecule has 6 nitrogen and oxygen atoms in total. The highest BCUT2D eigenvalue weighted by atomic mass is 16.5. The van der Waals surface area contributed by atoms with E-state index in [-0.39, 0.29) is 12.1 Å². The van der Waals surface area contributed by atoms with E-state index in [0.717, 1.165) is 11.1 Å². The molecule has 138 valence electrons. The van der Waals surface area contributed by atoms with Gasteiger partial charge in [-0.25, -0.2) is 4.79 Å². The second-order valence-corrected chi connectivity index (χ2v) is 6.26. The largest absolute Gasteiger partial charge is 0.465 e. The monoisotopic (exact) mass is 362 g/mol. The minimum atomic E-state index is -0.410. The van der Waals surface area contributed by atoms with Crippen LogP contribution in [0, 0.1) is 0 Å². The van der Waals surface area contributed by atoms with Crippen molar-refractivity contribution in [3.05, 3.63) is 83.7 Å². The average molecular weight is 362 g/mol. The Labute approximate surface area is 158 Å². The molecule has 3 rings (SSSR count). The molecular formula is C21H22N4O2. The molecule has 0 aliphatic rings. The Balaban J connectivity index is 1.72. The van der Waals surface area contributed by atoms with E-state index in [1.54, 1.807) is 24.5 Å². The highest BCUT2D eigenvalue weighted by Gasteiger charge is 2.14. The maximum absolute atomic E-state index is 11.7. The third-order valence-electron chi connectivity index (χ3n) is 4.39. The smallest absolute Gasteiger partial charge is 0.337 e. The normalized spacial score (nSPS) is 13.0. The summed E-state index contributed by atoms with van der Waals surface area (Å²) < 4.78 is 4.74. The molecule has 1 aromatic carbocycles. The molecule has 2 aromatic heterocycles. The van der Waals surface area contributed by atoms with Crippen molar-refractivity contribution in [1.82, 2.24) is 9.97 Å². The number of aromatic nitrogens is 2. The Bertz CT molecular complexity index is 898. The molecule has 6 heteroatoms. The van der Waals surface area contributed by atoms with Gasteiger partial charge in [0.15, 0.2) is 0 Å². The predicted molar refractivity (Wildman–Crippen MR) is 104 cm³/mol. The fraction of sp³-hybridized carbons (Fsp3) is 0.190. The molecule has 0 bridgehead atoms. The molecule has 27 heavy (non-hydrogen) atoms. The standard InChI is InChI=1S/C21H22N4O2/c1-27-21(26)15-9-10-24-20(11-15)19-8-7-16(13-25-19)18(23)12-17(22)14-5-3-2-4-6-14/h2-11,13,17-18H,12,22-23H2,1H3. The molecule has 0 aliphatic heterocycles. The lowest BCUT2D eigenvalue weighted by molar-refractivity contribution is 0.0600. The maximum atomic E-state index is 11.7. The van der Waals surface area contributed by atoms with Crippen LogP contribution >= 0.6 is 0 Å². The molecule has 0 spiro atoms. The summed E-state index contributed by atoms with van der Waals surface area (Å²) in [4.78, 5) is 20.4. The summed E-state index contributed by atoms with van der Waals surface area (Å²) in [6.07, 6.45) is 3.90. The number of nitrogens with two attached hydrogens (primary N) is 2. The fourth-order valence-corrected chi connectivity index (χ4v) is 2.84. The van der Waals surface area contributed by atoms with E-state index in [1.165, 1.54) is 7.11 Å². The minimum Gasteiger partial charge on any atom is -0.465 e. The van der Waals surface area contributed by atoms with Crippen LogP contribution in [0.3, 0.4) is 0 Å². The van der Waals surface area contributed by atoms with Gasteiger partial charge < -0.3 is 16.2 Å². The number of nitrogens with zero attached hydrogens (tertiary/aromatic N) is 2. The van der Waals surface area contributed by atoms with Crippen molar-refractivity contribution in [1.29, 1.82) is 0 Å². The number of hydrogen-bond acceptors (Lipinski definition) is 6. The zero-order chi connectivity index (χ0) is 19.2. The van der Waals surface area contributed by atoms with Gasteiger partial charge in [-0.2, -0.15) is 0 Å². The minimum absolute atomic E-state index is 0.140. The molecule has 0 radical (unpaired) electrons. The lowest BCUT2D eigenvalue weighted by Gasteiger charge is -2.18. The quantitative estimate of drug-likeness (QED) is 0.653. The highest BCUT2D eigenvalue weighted by Crippen LogP contribution is 2.24. The van der Waals surface area contributed by atoms with E-state index >= 15 is 0 Å². The SMILES string of the molecule is COC(=O)c1ccnc(-c2ccc(C(N)CC(N)c3ccccc3)cn2)c1. The molecular weight excluding hydrogens is 340 g/mol.